The molecule has 0 fully saturated rings. The predicted octanol–water partition coefficient (Wildman–Crippen LogP) is 4.12. The number of rotatable bonds is 6. The highest BCUT2D eigenvalue weighted by atomic mass is 14.9. The van der Waals surface area contributed by atoms with E-state index in [9.17, 15) is 0 Å². The fourth-order valence-corrected chi connectivity index (χ4v) is 2.22. The lowest BCUT2D eigenvalue weighted by atomic mass is 9.87. The second-order valence-electron chi connectivity index (χ2n) is 6.11. The lowest BCUT2D eigenvalue weighted by Crippen LogP contribution is -2.24. The minimum absolute atomic E-state index is 0.384. The van der Waals surface area contributed by atoms with Crippen molar-refractivity contribution in [3.05, 3.63) is 29.6 Å². The molecule has 2 nitrogen and oxygen atoms in total. The van der Waals surface area contributed by atoms with Gasteiger partial charge in [0.15, 0.2) is 0 Å². The average Bonchev–Trinajstić information content (AvgIpc) is 2.33. The van der Waals surface area contributed by atoms with Gasteiger partial charge in [-0.05, 0) is 42.9 Å². The molecular formula is C16H28N2. The minimum Gasteiger partial charge on any atom is -0.309 e. The average molecular weight is 248 g/mol. The Morgan fingerprint density at radius 2 is 2.00 bits per heavy atom. The first kappa shape index (κ1) is 15.2. The zero-order chi connectivity index (χ0) is 13.6. The third-order valence-corrected chi connectivity index (χ3v) is 3.27. The molecule has 1 heterocycles. The van der Waals surface area contributed by atoms with Gasteiger partial charge in [0, 0.05) is 12.2 Å². The first-order valence-electron chi connectivity index (χ1n) is 7.15. The Kier molecular flexibility index (Phi) is 5.80. The van der Waals surface area contributed by atoms with Crippen molar-refractivity contribution in [1.82, 2.24) is 10.3 Å². The van der Waals surface area contributed by atoms with Crippen molar-refractivity contribution < 1.29 is 0 Å². The number of hydrogen-bond donors (Lipinski definition) is 1. The standard InChI is InChI=1S/C16H28N2/c1-6-13-9-8-12-18-15(13)14(17-7-2)10-11-16(3,4)5/h8-9,12,14,17H,6-7,10-11H2,1-5H3. The highest BCUT2D eigenvalue weighted by molar-refractivity contribution is 5.22. The van der Waals surface area contributed by atoms with Gasteiger partial charge in [-0.2, -0.15) is 0 Å². The molecule has 0 aliphatic rings. The number of pyridine rings is 1. The van der Waals surface area contributed by atoms with E-state index in [0.29, 0.717) is 11.5 Å². The van der Waals surface area contributed by atoms with E-state index >= 15 is 0 Å². The van der Waals surface area contributed by atoms with E-state index in [1.807, 2.05) is 12.3 Å². The van der Waals surface area contributed by atoms with Crippen LogP contribution in [0.2, 0.25) is 0 Å². The summed E-state index contributed by atoms with van der Waals surface area (Å²) in [5, 5.41) is 3.58. The molecule has 1 aromatic rings. The highest BCUT2D eigenvalue weighted by Gasteiger charge is 2.18. The van der Waals surface area contributed by atoms with Gasteiger partial charge in [0.05, 0.1) is 5.69 Å². The molecule has 2 heteroatoms. The minimum atomic E-state index is 0.384. The Bertz CT molecular complexity index is 352. The number of aromatic nitrogens is 1. The summed E-state index contributed by atoms with van der Waals surface area (Å²) in [6.07, 6.45) is 5.34. The van der Waals surface area contributed by atoms with Gasteiger partial charge in [0.2, 0.25) is 0 Å². The summed E-state index contributed by atoms with van der Waals surface area (Å²) in [7, 11) is 0. The zero-order valence-electron chi connectivity index (χ0n) is 12.6. The molecule has 1 aromatic heterocycles. The van der Waals surface area contributed by atoms with Crippen molar-refractivity contribution >= 4 is 0 Å². The molecule has 102 valence electrons. The lowest BCUT2D eigenvalue weighted by Gasteiger charge is -2.24. The van der Waals surface area contributed by atoms with Gasteiger partial charge in [0.1, 0.15) is 0 Å². The Hall–Kier alpha value is -0.890. The largest absolute Gasteiger partial charge is 0.309 e. The van der Waals surface area contributed by atoms with Crippen LogP contribution in [0.25, 0.3) is 0 Å². The van der Waals surface area contributed by atoms with Gasteiger partial charge in [-0.3, -0.25) is 4.98 Å². The molecule has 1 unspecified atom stereocenters. The third kappa shape index (κ3) is 4.77. The predicted molar refractivity (Wildman–Crippen MR) is 78.7 cm³/mol. The topological polar surface area (TPSA) is 24.9 Å². The van der Waals surface area contributed by atoms with Crippen LogP contribution in [0.1, 0.15) is 64.8 Å². The van der Waals surface area contributed by atoms with Gasteiger partial charge < -0.3 is 5.32 Å². The van der Waals surface area contributed by atoms with Crippen molar-refractivity contribution in [3.63, 3.8) is 0 Å². The van der Waals surface area contributed by atoms with Crippen molar-refractivity contribution in [2.24, 2.45) is 5.41 Å². The summed E-state index contributed by atoms with van der Waals surface area (Å²) in [4.78, 5) is 4.61. The fraction of sp³-hybridized carbons (Fsp3) is 0.688. The maximum Gasteiger partial charge on any atom is 0.0604 e. The normalized spacial score (nSPS) is 13.6. The molecule has 0 radical (unpaired) electrons. The highest BCUT2D eigenvalue weighted by Crippen LogP contribution is 2.28. The quantitative estimate of drug-likeness (QED) is 0.819. The first-order valence-corrected chi connectivity index (χ1v) is 7.15. The van der Waals surface area contributed by atoms with Crippen LogP contribution in [-0.2, 0) is 6.42 Å². The summed E-state index contributed by atoms with van der Waals surface area (Å²) in [6.45, 7) is 12.3. The molecule has 0 aromatic carbocycles. The molecule has 0 aliphatic heterocycles. The van der Waals surface area contributed by atoms with Crippen LogP contribution >= 0.6 is 0 Å². The van der Waals surface area contributed by atoms with Gasteiger partial charge in [-0.25, -0.2) is 0 Å². The first-order chi connectivity index (χ1) is 8.48. The van der Waals surface area contributed by atoms with E-state index in [4.69, 9.17) is 0 Å². The number of aryl methyl sites for hydroxylation is 1. The van der Waals surface area contributed by atoms with Crippen LogP contribution in [0.4, 0.5) is 0 Å². The number of hydrogen-bond acceptors (Lipinski definition) is 2. The molecule has 1 rings (SSSR count). The molecule has 18 heavy (non-hydrogen) atoms. The molecule has 0 amide bonds. The van der Waals surface area contributed by atoms with Crippen molar-refractivity contribution in [2.45, 2.75) is 59.9 Å². The second kappa shape index (κ2) is 6.89. The van der Waals surface area contributed by atoms with Gasteiger partial charge in [-0.15, -0.1) is 0 Å². The van der Waals surface area contributed by atoms with Crippen LogP contribution < -0.4 is 5.32 Å². The van der Waals surface area contributed by atoms with Gasteiger partial charge in [0.25, 0.3) is 0 Å². The van der Waals surface area contributed by atoms with Gasteiger partial charge in [-0.1, -0.05) is 40.7 Å². The second-order valence-corrected chi connectivity index (χ2v) is 6.11. The maximum atomic E-state index is 4.61. The maximum absolute atomic E-state index is 4.61. The lowest BCUT2D eigenvalue weighted by molar-refractivity contribution is 0.331. The smallest absolute Gasteiger partial charge is 0.0604 e. The Labute approximate surface area is 112 Å². The van der Waals surface area contributed by atoms with Crippen LogP contribution in [0.15, 0.2) is 18.3 Å². The SMILES string of the molecule is CCNC(CCC(C)(C)C)c1ncccc1CC. The van der Waals surface area contributed by atoms with Crippen LogP contribution in [0, 0.1) is 5.41 Å². The van der Waals surface area contributed by atoms with E-state index in [-0.39, 0.29) is 0 Å². The Morgan fingerprint density at radius 3 is 2.56 bits per heavy atom. The van der Waals surface area contributed by atoms with Crippen LogP contribution in [0.5, 0.6) is 0 Å². The molecule has 0 aliphatic carbocycles. The Morgan fingerprint density at radius 1 is 1.28 bits per heavy atom. The van der Waals surface area contributed by atoms with Crippen LogP contribution in [-0.4, -0.2) is 11.5 Å². The van der Waals surface area contributed by atoms with E-state index in [0.717, 1.165) is 19.4 Å². The fourth-order valence-electron chi connectivity index (χ4n) is 2.22. The zero-order valence-corrected chi connectivity index (χ0v) is 12.6. The number of nitrogens with one attached hydrogen (secondary N) is 1. The Balaban J connectivity index is 2.83. The summed E-state index contributed by atoms with van der Waals surface area (Å²) >= 11 is 0. The van der Waals surface area contributed by atoms with Crippen LogP contribution in [0.3, 0.4) is 0 Å². The van der Waals surface area contributed by atoms with Crippen molar-refractivity contribution in [2.75, 3.05) is 6.54 Å². The summed E-state index contributed by atoms with van der Waals surface area (Å²) in [6, 6.07) is 4.63. The summed E-state index contributed by atoms with van der Waals surface area (Å²) in [5.74, 6) is 0. The third-order valence-electron chi connectivity index (χ3n) is 3.27. The summed E-state index contributed by atoms with van der Waals surface area (Å²) in [5.41, 5.74) is 3.00. The van der Waals surface area contributed by atoms with Crippen molar-refractivity contribution in [3.8, 4) is 0 Å². The monoisotopic (exact) mass is 248 g/mol. The molecule has 0 saturated carbocycles. The van der Waals surface area contributed by atoms with E-state index in [2.05, 4.69) is 51.0 Å². The molecular weight excluding hydrogens is 220 g/mol. The molecule has 0 spiro atoms. The van der Waals surface area contributed by atoms with Gasteiger partial charge >= 0.3 is 0 Å². The molecule has 0 bridgehead atoms. The number of nitrogens with zero attached hydrogens (tertiary/aromatic N) is 1. The summed E-state index contributed by atoms with van der Waals surface area (Å²) < 4.78 is 0. The molecule has 1 atom stereocenters. The van der Waals surface area contributed by atoms with Crippen molar-refractivity contribution in [1.29, 1.82) is 0 Å². The van der Waals surface area contributed by atoms with E-state index in [1.54, 1.807) is 0 Å². The van der Waals surface area contributed by atoms with E-state index < -0.39 is 0 Å². The molecule has 1 N–H and O–H groups in total. The molecule has 0 saturated heterocycles. The van der Waals surface area contributed by atoms with E-state index in [1.165, 1.54) is 17.7 Å².